The average molecular weight is 381 g/mol. The second-order valence-electron chi connectivity index (χ2n) is 7.62. The number of carbonyl (C=O) groups excluding carboxylic acids is 2. The second kappa shape index (κ2) is 7.80. The van der Waals surface area contributed by atoms with Crippen molar-refractivity contribution in [2.45, 2.75) is 32.8 Å². The predicted octanol–water partition coefficient (Wildman–Crippen LogP) is 2.56. The maximum Gasteiger partial charge on any atom is 0.253 e. The van der Waals surface area contributed by atoms with Gasteiger partial charge >= 0.3 is 0 Å². The van der Waals surface area contributed by atoms with E-state index in [2.05, 4.69) is 30.5 Å². The van der Waals surface area contributed by atoms with Crippen molar-refractivity contribution < 1.29 is 14.3 Å². The molecule has 0 spiro atoms. The Hall–Kier alpha value is -2.60. The van der Waals surface area contributed by atoms with E-state index in [-0.39, 0.29) is 17.9 Å². The number of hydrogen-bond acceptors (Lipinski definition) is 3. The van der Waals surface area contributed by atoms with Crippen LogP contribution in [0.4, 0.5) is 0 Å². The minimum atomic E-state index is -0.282. The molecule has 2 aromatic rings. The van der Waals surface area contributed by atoms with Gasteiger partial charge in [-0.15, -0.1) is 0 Å². The number of benzene rings is 1. The van der Waals surface area contributed by atoms with Gasteiger partial charge < -0.3 is 19.1 Å². The Morgan fingerprint density at radius 1 is 0.893 bits per heavy atom. The summed E-state index contributed by atoms with van der Waals surface area (Å²) in [7, 11) is 0. The van der Waals surface area contributed by atoms with Gasteiger partial charge in [-0.25, -0.2) is 0 Å². The summed E-state index contributed by atoms with van der Waals surface area (Å²) in [6.07, 6.45) is 1.48. The van der Waals surface area contributed by atoms with Crippen LogP contribution < -0.4 is 0 Å². The molecule has 1 unspecified atom stereocenters. The summed E-state index contributed by atoms with van der Waals surface area (Å²) in [6.45, 7) is 7.10. The largest absolute Gasteiger partial charge is 0.368 e. The van der Waals surface area contributed by atoms with Crippen LogP contribution in [0.15, 0.2) is 36.4 Å². The highest BCUT2D eigenvalue weighted by Gasteiger charge is 2.31. The molecule has 148 valence electrons. The van der Waals surface area contributed by atoms with Crippen LogP contribution in [-0.4, -0.2) is 65.1 Å². The highest BCUT2D eigenvalue weighted by Crippen LogP contribution is 2.19. The van der Waals surface area contributed by atoms with E-state index in [1.165, 1.54) is 11.4 Å². The zero-order chi connectivity index (χ0) is 19.7. The lowest BCUT2D eigenvalue weighted by Crippen LogP contribution is -2.52. The summed E-state index contributed by atoms with van der Waals surface area (Å²) >= 11 is 0. The summed E-state index contributed by atoms with van der Waals surface area (Å²) in [6, 6.07) is 11.9. The van der Waals surface area contributed by atoms with E-state index in [4.69, 9.17) is 4.74 Å². The molecule has 0 N–H and O–H groups in total. The Bertz CT molecular complexity index is 838. The first-order valence-corrected chi connectivity index (χ1v) is 9.99. The zero-order valence-corrected chi connectivity index (χ0v) is 16.6. The number of carbonyl (C=O) groups is 2. The van der Waals surface area contributed by atoms with Crippen molar-refractivity contribution in [3.8, 4) is 5.69 Å². The molecule has 6 nitrogen and oxygen atoms in total. The number of piperazine rings is 1. The van der Waals surface area contributed by atoms with Gasteiger partial charge in [-0.05, 0) is 63.1 Å². The number of hydrogen-bond donors (Lipinski definition) is 0. The highest BCUT2D eigenvalue weighted by molar-refractivity contribution is 5.94. The van der Waals surface area contributed by atoms with E-state index in [1.807, 2.05) is 34.1 Å². The summed E-state index contributed by atoms with van der Waals surface area (Å²) in [5, 5.41) is 0. The van der Waals surface area contributed by atoms with Crippen LogP contribution in [0.25, 0.3) is 5.69 Å². The molecule has 1 aromatic heterocycles. The second-order valence-corrected chi connectivity index (χ2v) is 7.62. The Morgan fingerprint density at radius 3 is 2.07 bits per heavy atom. The lowest BCUT2D eigenvalue weighted by molar-refractivity contribution is -0.142. The summed E-state index contributed by atoms with van der Waals surface area (Å²) in [5.74, 6) is 0.100. The lowest BCUT2D eigenvalue weighted by atomic mass is 10.1. The van der Waals surface area contributed by atoms with Crippen molar-refractivity contribution in [3.63, 3.8) is 0 Å². The van der Waals surface area contributed by atoms with Gasteiger partial charge in [-0.1, -0.05) is 0 Å². The normalized spacial score (nSPS) is 19.9. The molecule has 28 heavy (non-hydrogen) atoms. The van der Waals surface area contributed by atoms with E-state index in [0.717, 1.165) is 18.5 Å². The van der Waals surface area contributed by atoms with Gasteiger partial charge in [-0.2, -0.15) is 0 Å². The maximum atomic E-state index is 12.9. The van der Waals surface area contributed by atoms with Gasteiger partial charge in [0.05, 0.1) is 0 Å². The molecule has 1 aromatic carbocycles. The molecule has 4 rings (SSSR count). The minimum absolute atomic E-state index is 0.0247. The van der Waals surface area contributed by atoms with Crippen molar-refractivity contribution >= 4 is 11.8 Å². The van der Waals surface area contributed by atoms with Crippen LogP contribution in [0.1, 0.15) is 34.6 Å². The van der Waals surface area contributed by atoms with Crippen LogP contribution in [-0.2, 0) is 9.53 Å². The average Bonchev–Trinajstić information content (AvgIpc) is 3.37. The van der Waals surface area contributed by atoms with Crippen LogP contribution in [0.5, 0.6) is 0 Å². The molecular formula is C22H27N3O3. The smallest absolute Gasteiger partial charge is 0.253 e. The van der Waals surface area contributed by atoms with Crippen LogP contribution >= 0.6 is 0 Å². The molecule has 2 fully saturated rings. The molecule has 2 aliphatic rings. The maximum absolute atomic E-state index is 12.9. The quantitative estimate of drug-likeness (QED) is 0.821. The number of amides is 2. The monoisotopic (exact) mass is 381 g/mol. The Labute approximate surface area is 165 Å². The minimum Gasteiger partial charge on any atom is -0.368 e. The number of ether oxygens (including phenoxy) is 1. The fourth-order valence-electron chi connectivity index (χ4n) is 4.12. The summed E-state index contributed by atoms with van der Waals surface area (Å²) < 4.78 is 7.67. The van der Waals surface area contributed by atoms with Crippen LogP contribution in [0, 0.1) is 13.8 Å². The lowest BCUT2D eigenvalue weighted by Gasteiger charge is -2.35. The molecular weight excluding hydrogens is 354 g/mol. The molecule has 0 bridgehead atoms. The fraction of sp³-hybridized carbons (Fsp3) is 0.455. The van der Waals surface area contributed by atoms with Gasteiger partial charge in [0.25, 0.3) is 11.8 Å². The molecule has 2 saturated heterocycles. The van der Waals surface area contributed by atoms with Crippen molar-refractivity contribution in [3.05, 3.63) is 53.3 Å². The third-order valence-corrected chi connectivity index (χ3v) is 5.73. The van der Waals surface area contributed by atoms with E-state index in [1.54, 1.807) is 0 Å². The van der Waals surface area contributed by atoms with Crippen LogP contribution in [0.3, 0.4) is 0 Å². The molecule has 1 atom stereocenters. The topological polar surface area (TPSA) is 54.8 Å². The number of aromatic nitrogens is 1. The Kier molecular flexibility index (Phi) is 5.22. The summed E-state index contributed by atoms with van der Waals surface area (Å²) in [4.78, 5) is 29.0. The van der Waals surface area contributed by atoms with Gasteiger partial charge in [0.1, 0.15) is 6.10 Å². The third-order valence-electron chi connectivity index (χ3n) is 5.73. The molecule has 0 radical (unpaired) electrons. The number of aryl methyl sites for hydroxylation is 2. The standard InChI is InChI=1S/C22H27N3O3/c1-16-5-6-17(2)25(16)19-9-7-18(8-10-19)21(26)23-11-13-24(14-12-23)22(27)20-4-3-15-28-20/h5-10,20H,3-4,11-15H2,1-2H3. The molecule has 2 amide bonds. The molecule has 0 saturated carbocycles. The van der Waals surface area contributed by atoms with E-state index >= 15 is 0 Å². The highest BCUT2D eigenvalue weighted by atomic mass is 16.5. The Balaban J connectivity index is 1.38. The van der Waals surface area contributed by atoms with Crippen molar-refractivity contribution in [1.82, 2.24) is 14.4 Å². The van der Waals surface area contributed by atoms with Gasteiger partial charge in [0.2, 0.25) is 0 Å². The van der Waals surface area contributed by atoms with Gasteiger partial charge in [-0.3, -0.25) is 9.59 Å². The van der Waals surface area contributed by atoms with E-state index in [0.29, 0.717) is 38.3 Å². The molecule has 6 heteroatoms. The van der Waals surface area contributed by atoms with Crippen LogP contribution in [0.2, 0.25) is 0 Å². The summed E-state index contributed by atoms with van der Waals surface area (Å²) in [5.41, 5.74) is 4.08. The first-order chi connectivity index (χ1) is 13.5. The third kappa shape index (κ3) is 3.56. The fourth-order valence-corrected chi connectivity index (χ4v) is 4.12. The molecule has 2 aliphatic heterocycles. The van der Waals surface area contributed by atoms with Crippen molar-refractivity contribution in [2.24, 2.45) is 0 Å². The molecule has 3 heterocycles. The van der Waals surface area contributed by atoms with E-state index < -0.39 is 0 Å². The van der Waals surface area contributed by atoms with Crippen molar-refractivity contribution in [2.75, 3.05) is 32.8 Å². The number of rotatable bonds is 3. The first-order valence-electron chi connectivity index (χ1n) is 9.99. The Morgan fingerprint density at radius 2 is 1.50 bits per heavy atom. The predicted molar refractivity (Wildman–Crippen MR) is 107 cm³/mol. The van der Waals surface area contributed by atoms with Gasteiger partial charge in [0.15, 0.2) is 0 Å². The first kappa shape index (κ1) is 18.7. The zero-order valence-electron chi connectivity index (χ0n) is 16.6. The number of nitrogens with zero attached hydrogens (tertiary/aromatic N) is 3. The SMILES string of the molecule is Cc1ccc(C)n1-c1ccc(C(=O)N2CCN(C(=O)C3CCCO3)CC2)cc1. The molecule has 0 aliphatic carbocycles. The van der Waals surface area contributed by atoms with E-state index in [9.17, 15) is 9.59 Å². The van der Waals surface area contributed by atoms with Crippen molar-refractivity contribution in [1.29, 1.82) is 0 Å². The van der Waals surface area contributed by atoms with Gasteiger partial charge in [0, 0.05) is 55.4 Å².